The van der Waals surface area contributed by atoms with E-state index in [-0.39, 0.29) is 34.7 Å². The van der Waals surface area contributed by atoms with E-state index in [4.69, 9.17) is 42.6 Å². The average Bonchev–Trinajstić information content (AvgIpc) is 2.89. The van der Waals surface area contributed by atoms with E-state index in [1.165, 1.54) is 5.57 Å². The van der Waals surface area contributed by atoms with Gasteiger partial charge in [0.05, 0.1) is 31.5 Å². The van der Waals surface area contributed by atoms with E-state index in [2.05, 4.69) is 40.7 Å². The molecule has 0 amide bonds. The van der Waals surface area contributed by atoms with Crippen molar-refractivity contribution in [3.8, 4) is 0 Å². The maximum Gasteiger partial charge on any atom is 0.341 e. The first-order valence-corrected chi connectivity index (χ1v) is 28.3. The Morgan fingerprint density at radius 3 is 1.85 bits per heavy atom. The van der Waals surface area contributed by atoms with Gasteiger partial charge in [0.2, 0.25) is 0 Å². The Kier molecular flexibility index (Phi) is 16.2. The molecule has 448 valence electrons. The molecule has 5 aliphatic carbocycles. The standard InChI is InChI=1S/C57H88O22/c1-13-24(2)46(69)77-44-43(78-50(70)57(12)25(3)79-57)51(4,5)20-27-26-14-15-31-53(8)18-17-33(52(6,7)30(53)16-19-54(31,9)55(26,10)21-32(60)56(27,44)11)73-49-42(76-48-38(65)36(63)34(61)28(22-58)71-48)40(39(66)41(75-49)45(67)68)74-47-37(64)35(62)29(23-59)72-47/h13-14,25,27-44,47-49,58-66H,15-23H2,1-12H3,(H,67,68). The highest BCUT2D eigenvalue weighted by Gasteiger charge is 2.73. The van der Waals surface area contributed by atoms with Crippen LogP contribution >= 0.6 is 0 Å². The van der Waals surface area contributed by atoms with Crippen molar-refractivity contribution in [1.82, 2.24) is 0 Å². The molecule has 0 aromatic rings. The third-order valence-electron chi connectivity index (χ3n) is 22.1. The Morgan fingerprint density at radius 2 is 1.28 bits per heavy atom. The molecule has 22 heteroatoms. The van der Waals surface area contributed by atoms with Gasteiger partial charge in [0.25, 0.3) is 0 Å². The lowest BCUT2D eigenvalue weighted by molar-refractivity contribution is -0.386. The summed E-state index contributed by atoms with van der Waals surface area (Å²) >= 11 is 0. The monoisotopic (exact) mass is 1120 g/mol. The average molecular weight is 1130 g/mol. The fourth-order valence-electron chi connectivity index (χ4n) is 16.5. The molecule has 27 atom stereocenters. The summed E-state index contributed by atoms with van der Waals surface area (Å²) in [5.41, 5.74) is -3.28. The zero-order chi connectivity index (χ0) is 58.2. The van der Waals surface area contributed by atoms with E-state index in [1.807, 2.05) is 20.8 Å². The molecule has 0 radical (unpaired) electrons. The Hall–Kier alpha value is -2.75. The number of aliphatic hydroxyl groups excluding tert-OH is 9. The number of hydrogen-bond acceptors (Lipinski definition) is 21. The van der Waals surface area contributed by atoms with Gasteiger partial charge in [-0.15, -0.1) is 0 Å². The van der Waals surface area contributed by atoms with Crippen molar-refractivity contribution in [3.63, 3.8) is 0 Å². The number of aliphatic carboxylic acids is 1. The van der Waals surface area contributed by atoms with Gasteiger partial charge < -0.3 is 93.7 Å². The minimum atomic E-state index is -2.09. The van der Waals surface area contributed by atoms with Gasteiger partial charge in [-0.05, 0) is 112 Å². The van der Waals surface area contributed by atoms with Crippen LogP contribution in [0.2, 0.25) is 0 Å². The molecule has 4 heterocycles. The number of hydrogen-bond donors (Lipinski definition) is 10. The second kappa shape index (κ2) is 21.1. The van der Waals surface area contributed by atoms with Crippen LogP contribution in [0, 0.1) is 50.2 Å². The van der Waals surface area contributed by atoms with Gasteiger partial charge in [-0.3, -0.25) is 0 Å². The SMILES string of the molecule is CC=C(C)C(=O)OC1C(OC(=O)C2(C)OC2C)C(C)(C)CC2C3=CCC4C5(C)CCC(OC6OC(C(=O)O)C(O)C(OC7OC(CO)C(O)C7O)C6OC6OC(CO)C(O)C(O)C6O)C(C)(C)C5CCC4(C)C3(C)CC(O)C21C. The highest BCUT2D eigenvalue weighted by atomic mass is 16.8. The summed E-state index contributed by atoms with van der Waals surface area (Å²) in [6, 6.07) is 0. The molecule has 4 saturated heterocycles. The summed E-state index contributed by atoms with van der Waals surface area (Å²) in [6.07, 6.45) is -20.8. The number of esters is 2. The lowest BCUT2D eigenvalue weighted by Crippen LogP contribution is -2.71. The lowest BCUT2D eigenvalue weighted by atomic mass is 9.33. The van der Waals surface area contributed by atoms with E-state index in [1.54, 1.807) is 33.8 Å². The summed E-state index contributed by atoms with van der Waals surface area (Å²) in [5.74, 6) is -2.94. The van der Waals surface area contributed by atoms with Crippen LogP contribution in [0.25, 0.3) is 0 Å². The molecule has 27 unspecified atom stereocenters. The maximum absolute atomic E-state index is 13.9. The van der Waals surface area contributed by atoms with Crippen molar-refractivity contribution < 1.29 is 108 Å². The number of carboxylic acid groups (broad SMARTS) is 1. The third kappa shape index (κ3) is 9.49. The molecule has 0 spiro atoms. The molecular formula is C57H88O22. The molecule has 22 nitrogen and oxygen atoms in total. The number of carboxylic acids is 1. The first kappa shape index (κ1) is 60.8. The summed E-state index contributed by atoms with van der Waals surface area (Å²) in [4.78, 5) is 40.6. The lowest BCUT2D eigenvalue weighted by Gasteiger charge is -2.72. The topological polar surface area (TPSA) is 340 Å². The van der Waals surface area contributed by atoms with E-state index in [0.29, 0.717) is 44.1 Å². The van der Waals surface area contributed by atoms with Gasteiger partial charge in [0.1, 0.15) is 73.2 Å². The van der Waals surface area contributed by atoms with E-state index >= 15 is 0 Å². The molecule has 4 aliphatic heterocycles. The summed E-state index contributed by atoms with van der Waals surface area (Å²) in [6.45, 7) is 22.5. The molecule has 9 aliphatic rings. The Balaban J connectivity index is 1.02. The zero-order valence-corrected chi connectivity index (χ0v) is 47.6. The van der Waals surface area contributed by atoms with Crippen molar-refractivity contribution in [3.05, 3.63) is 23.3 Å². The minimum absolute atomic E-state index is 0.0304. The van der Waals surface area contributed by atoms with Gasteiger partial charge >= 0.3 is 17.9 Å². The van der Waals surface area contributed by atoms with Crippen LogP contribution in [0.4, 0.5) is 0 Å². The summed E-state index contributed by atoms with van der Waals surface area (Å²) in [7, 11) is 0. The molecule has 8 fully saturated rings. The fourth-order valence-corrected chi connectivity index (χ4v) is 16.5. The number of carbonyl (C=O) groups is 3. The number of fused-ring (bicyclic) bond motifs is 7. The normalized spacial score (nSPS) is 51.9. The van der Waals surface area contributed by atoms with E-state index in [0.717, 1.165) is 6.42 Å². The van der Waals surface area contributed by atoms with Gasteiger partial charge in [0.15, 0.2) is 30.6 Å². The van der Waals surface area contributed by atoms with Gasteiger partial charge in [0, 0.05) is 16.4 Å². The summed E-state index contributed by atoms with van der Waals surface area (Å²) < 4.78 is 55.2. The summed E-state index contributed by atoms with van der Waals surface area (Å²) in [5, 5.41) is 109. The molecule has 79 heavy (non-hydrogen) atoms. The Labute approximate surface area is 461 Å². The number of carbonyl (C=O) groups excluding carboxylic acids is 2. The van der Waals surface area contributed by atoms with Crippen LogP contribution in [-0.2, 0) is 57.0 Å². The molecule has 9 rings (SSSR count). The minimum Gasteiger partial charge on any atom is -0.479 e. The first-order chi connectivity index (χ1) is 36.7. The van der Waals surface area contributed by atoms with Crippen molar-refractivity contribution >= 4 is 17.9 Å². The Morgan fingerprint density at radius 1 is 0.696 bits per heavy atom. The number of rotatable bonds is 13. The third-order valence-corrected chi connectivity index (χ3v) is 22.1. The number of allylic oxidation sites excluding steroid dienone is 3. The predicted molar refractivity (Wildman–Crippen MR) is 273 cm³/mol. The van der Waals surface area contributed by atoms with E-state index < -0.39 is 169 Å². The van der Waals surface area contributed by atoms with Crippen molar-refractivity contribution in [1.29, 1.82) is 0 Å². The van der Waals surface area contributed by atoms with Crippen LogP contribution in [0.1, 0.15) is 128 Å². The van der Waals surface area contributed by atoms with Gasteiger partial charge in [-0.2, -0.15) is 0 Å². The largest absolute Gasteiger partial charge is 0.479 e. The second-order valence-electron chi connectivity index (χ2n) is 27.0. The smallest absolute Gasteiger partial charge is 0.341 e. The van der Waals surface area contributed by atoms with E-state index in [9.17, 15) is 65.4 Å². The van der Waals surface area contributed by atoms with Crippen LogP contribution in [0.3, 0.4) is 0 Å². The van der Waals surface area contributed by atoms with Crippen molar-refractivity contribution in [2.75, 3.05) is 13.2 Å². The molecule has 10 N–H and O–H groups in total. The van der Waals surface area contributed by atoms with Crippen molar-refractivity contribution in [2.45, 2.75) is 250 Å². The van der Waals surface area contributed by atoms with Crippen molar-refractivity contribution in [2.24, 2.45) is 50.2 Å². The molecule has 4 saturated carbocycles. The Bertz CT molecular complexity index is 2380. The van der Waals surface area contributed by atoms with Gasteiger partial charge in [-0.1, -0.05) is 73.1 Å². The zero-order valence-electron chi connectivity index (χ0n) is 47.6. The van der Waals surface area contributed by atoms with Crippen LogP contribution in [0.15, 0.2) is 23.3 Å². The fraction of sp³-hybridized carbons (Fsp3) is 0.877. The predicted octanol–water partition coefficient (Wildman–Crippen LogP) is 1.53. The number of ether oxygens (including phenoxy) is 9. The second-order valence-corrected chi connectivity index (χ2v) is 27.0. The maximum atomic E-state index is 13.9. The quantitative estimate of drug-likeness (QED) is 0.0411. The highest BCUT2D eigenvalue weighted by molar-refractivity contribution is 5.88. The molecular weight excluding hydrogens is 1040 g/mol. The number of aliphatic hydroxyl groups is 9. The van der Waals surface area contributed by atoms with Crippen LogP contribution < -0.4 is 0 Å². The van der Waals surface area contributed by atoms with Gasteiger partial charge in [-0.25, -0.2) is 14.4 Å². The highest BCUT2D eigenvalue weighted by Crippen LogP contribution is 2.76. The first-order valence-electron chi connectivity index (χ1n) is 28.3. The molecule has 0 aromatic heterocycles. The van der Waals surface area contributed by atoms with Crippen LogP contribution in [0.5, 0.6) is 0 Å². The van der Waals surface area contributed by atoms with Crippen LogP contribution in [-0.4, -0.2) is 204 Å². The molecule has 0 bridgehead atoms. The number of epoxide rings is 1. The molecule has 0 aromatic carbocycles.